The lowest BCUT2D eigenvalue weighted by Gasteiger charge is -2.27. The SMILES string of the molecule is CC(C)N(CC(F)(F)F)C(=O)c1ccc(-c2cc(N(C)C)nc(N)n2)cc1. The van der Waals surface area contributed by atoms with Crippen molar-refractivity contribution in [1.29, 1.82) is 0 Å². The number of carbonyl (C=O) groups is 1. The van der Waals surface area contributed by atoms with Gasteiger partial charge in [0.2, 0.25) is 5.95 Å². The van der Waals surface area contributed by atoms with Gasteiger partial charge in [-0.15, -0.1) is 0 Å². The van der Waals surface area contributed by atoms with E-state index in [1.54, 1.807) is 36.9 Å². The molecule has 1 heterocycles. The Bertz CT molecular complexity index is 804. The molecule has 0 fully saturated rings. The van der Waals surface area contributed by atoms with E-state index < -0.39 is 24.7 Å². The average molecular weight is 381 g/mol. The summed E-state index contributed by atoms with van der Waals surface area (Å²) in [6.45, 7) is 1.80. The molecule has 0 aliphatic carbocycles. The second-order valence-corrected chi connectivity index (χ2v) is 6.58. The van der Waals surface area contributed by atoms with Gasteiger partial charge >= 0.3 is 6.18 Å². The molecule has 0 saturated carbocycles. The lowest BCUT2D eigenvalue weighted by molar-refractivity contribution is -0.143. The zero-order valence-electron chi connectivity index (χ0n) is 15.6. The minimum atomic E-state index is -4.46. The molecule has 1 aromatic heterocycles. The maximum absolute atomic E-state index is 12.7. The van der Waals surface area contributed by atoms with E-state index in [1.165, 1.54) is 12.1 Å². The van der Waals surface area contributed by atoms with E-state index in [1.807, 2.05) is 14.1 Å². The first-order chi connectivity index (χ1) is 12.5. The molecule has 9 heteroatoms. The number of hydrogen-bond donors (Lipinski definition) is 1. The Morgan fingerprint density at radius 1 is 1.15 bits per heavy atom. The van der Waals surface area contributed by atoms with Gasteiger partial charge in [0, 0.05) is 37.3 Å². The van der Waals surface area contributed by atoms with Crippen molar-refractivity contribution < 1.29 is 18.0 Å². The number of hydrogen-bond acceptors (Lipinski definition) is 5. The number of amides is 1. The maximum Gasteiger partial charge on any atom is 0.406 e. The van der Waals surface area contributed by atoms with Gasteiger partial charge in [0.25, 0.3) is 5.91 Å². The fourth-order valence-electron chi connectivity index (χ4n) is 2.46. The predicted octanol–water partition coefficient (Wildman–Crippen LogP) is 3.20. The van der Waals surface area contributed by atoms with Crippen molar-refractivity contribution in [2.45, 2.75) is 26.1 Å². The summed E-state index contributed by atoms with van der Waals surface area (Å²) in [5.41, 5.74) is 7.13. The summed E-state index contributed by atoms with van der Waals surface area (Å²) < 4.78 is 38.2. The van der Waals surface area contributed by atoms with Crippen LogP contribution in [0.15, 0.2) is 30.3 Å². The molecule has 0 saturated heterocycles. The fraction of sp³-hybridized carbons (Fsp3) is 0.389. The number of alkyl halides is 3. The van der Waals surface area contributed by atoms with Crippen LogP contribution in [0, 0.1) is 0 Å². The van der Waals surface area contributed by atoms with Crippen LogP contribution in [0.25, 0.3) is 11.3 Å². The number of nitrogens with zero attached hydrogens (tertiary/aromatic N) is 4. The van der Waals surface area contributed by atoms with Gasteiger partial charge in [0.1, 0.15) is 12.4 Å². The molecule has 2 N–H and O–H groups in total. The number of nitrogens with two attached hydrogens (primary N) is 1. The highest BCUT2D eigenvalue weighted by molar-refractivity contribution is 5.95. The first-order valence-corrected chi connectivity index (χ1v) is 8.28. The summed E-state index contributed by atoms with van der Waals surface area (Å²) >= 11 is 0. The van der Waals surface area contributed by atoms with Gasteiger partial charge in [-0.3, -0.25) is 4.79 Å². The summed E-state index contributed by atoms with van der Waals surface area (Å²) in [4.78, 5) is 23.3. The topological polar surface area (TPSA) is 75.4 Å². The Balaban J connectivity index is 2.30. The minimum Gasteiger partial charge on any atom is -0.368 e. The van der Waals surface area contributed by atoms with Gasteiger partial charge in [0.15, 0.2) is 0 Å². The van der Waals surface area contributed by atoms with E-state index in [0.29, 0.717) is 17.1 Å². The number of halogens is 3. The predicted molar refractivity (Wildman–Crippen MR) is 98.4 cm³/mol. The molecule has 27 heavy (non-hydrogen) atoms. The van der Waals surface area contributed by atoms with Gasteiger partial charge in [0.05, 0.1) is 5.69 Å². The number of rotatable bonds is 5. The van der Waals surface area contributed by atoms with Gasteiger partial charge in [-0.25, -0.2) is 4.98 Å². The van der Waals surface area contributed by atoms with Crippen molar-refractivity contribution in [3.8, 4) is 11.3 Å². The maximum atomic E-state index is 12.7. The molecule has 146 valence electrons. The van der Waals surface area contributed by atoms with E-state index in [2.05, 4.69) is 9.97 Å². The Hall–Kier alpha value is -2.84. The largest absolute Gasteiger partial charge is 0.406 e. The monoisotopic (exact) mass is 381 g/mol. The van der Waals surface area contributed by atoms with Crippen molar-refractivity contribution >= 4 is 17.7 Å². The highest BCUT2D eigenvalue weighted by Gasteiger charge is 2.34. The minimum absolute atomic E-state index is 0.104. The Morgan fingerprint density at radius 2 is 1.74 bits per heavy atom. The second-order valence-electron chi connectivity index (χ2n) is 6.58. The van der Waals surface area contributed by atoms with Crippen LogP contribution in [0.5, 0.6) is 0 Å². The van der Waals surface area contributed by atoms with Crippen LogP contribution in [0.2, 0.25) is 0 Å². The first-order valence-electron chi connectivity index (χ1n) is 8.28. The molecule has 0 aliphatic heterocycles. The highest BCUT2D eigenvalue weighted by Crippen LogP contribution is 2.24. The van der Waals surface area contributed by atoms with Crippen molar-refractivity contribution in [3.63, 3.8) is 0 Å². The second kappa shape index (κ2) is 7.81. The third-order valence-electron chi connectivity index (χ3n) is 3.85. The smallest absolute Gasteiger partial charge is 0.368 e. The fourth-order valence-corrected chi connectivity index (χ4v) is 2.46. The molecule has 0 aliphatic rings. The molecule has 2 rings (SSSR count). The van der Waals surface area contributed by atoms with Crippen molar-refractivity contribution in [3.05, 3.63) is 35.9 Å². The summed E-state index contributed by atoms with van der Waals surface area (Å²) in [7, 11) is 3.63. The summed E-state index contributed by atoms with van der Waals surface area (Å²) in [5.74, 6) is 0.0476. The molecule has 2 aromatic rings. The van der Waals surface area contributed by atoms with Crippen LogP contribution in [-0.2, 0) is 0 Å². The Labute approximate surface area is 155 Å². The van der Waals surface area contributed by atoms with Crippen LogP contribution in [0.3, 0.4) is 0 Å². The normalized spacial score (nSPS) is 11.6. The van der Waals surface area contributed by atoms with Gasteiger partial charge in [-0.2, -0.15) is 18.2 Å². The standard InChI is InChI=1S/C18H22F3N5O/c1-11(2)26(10-18(19,20)21)16(27)13-7-5-12(6-8-13)14-9-15(25(3)4)24-17(22)23-14/h5-9,11H,10H2,1-4H3,(H2,22,23,24). The third kappa shape index (κ3) is 5.32. The molecule has 1 amide bonds. The summed E-state index contributed by atoms with van der Waals surface area (Å²) in [5, 5.41) is 0. The van der Waals surface area contributed by atoms with Gasteiger partial charge in [-0.1, -0.05) is 12.1 Å². The zero-order valence-corrected chi connectivity index (χ0v) is 15.6. The van der Waals surface area contributed by atoms with Crippen LogP contribution in [-0.4, -0.2) is 53.6 Å². The molecule has 0 bridgehead atoms. The average Bonchev–Trinajstić information content (AvgIpc) is 2.57. The molecule has 0 radical (unpaired) electrons. The Kier molecular flexibility index (Phi) is 5.92. The number of carbonyl (C=O) groups excluding carboxylic acids is 1. The van der Waals surface area contributed by atoms with Gasteiger partial charge in [-0.05, 0) is 26.0 Å². The molecular weight excluding hydrogens is 359 g/mol. The Morgan fingerprint density at radius 3 is 2.22 bits per heavy atom. The summed E-state index contributed by atoms with van der Waals surface area (Å²) in [6.07, 6.45) is -4.46. The van der Waals surface area contributed by atoms with Crippen LogP contribution < -0.4 is 10.6 Å². The van der Waals surface area contributed by atoms with E-state index in [-0.39, 0.29) is 11.5 Å². The van der Waals surface area contributed by atoms with E-state index in [9.17, 15) is 18.0 Å². The molecule has 1 aromatic carbocycles. The molecule has 0 atom stereocenters. The lowest BCUT2D eigenvalue weighted by atomic mass is 10.1. The lowest BCUT2D eigenvalue weighted by Crippen LogP contribution is -2.43. The third-order valence-corrected chi connectivity index (χ3v) is 3.85. The van der Waals surface area contributed by atoms with Crippen LogP contribution >= 0.6 is 0 Å². The highest BCUT2D eigenvalue weighted by atomic mass is 19.4. The number of benzene rings is 1. The number of anilines is 2. The van der Waals surface area contributed by atoms with Crippen molar-refractivity contribution in [1.82, 2.24) is 14.9 Å². The summed E-state index contributed by atoms with van der Waals surface area (Å²) in [6, 6.07) is 7.37. The first kappa shape index (κ1) is 20.5. The van der Waals surface area contributed by atoms with E-state index in [0.717, 1.165) is 4.90 Å². The quantitative estimate of drug-likeness (QED) is 0.861. The van der Waals surface area contributed by atoms with Crippen LogP contribution in [0.1, 0.15) is 24.2 Å². The molecule has 0 unspecified atom stereocenters. The number of aromatic nitrogens is 2. The van der Waals surface area contributed by atoms with Crippen molar-refractivity contribution in [2.24, 2.45) is 0 Å². The number of nitrogen functional groups attached to an aromatic ring is 1. The van der Waals surface area contributed by atoms with E-state index >= 15 is 0 Å². The molecule has 0 spiro atoms. The van der Waals surface area contributed by atoms with Gasteiger partial charge < -0.3 is 15.5 Å². The van der Waals surface area contributed by atoms with Crippen LogP contribution in [0.4, 0.5) is 24.9 Å². The molecular formula is C18H22F3N5O. The van der Waals surface area contributed by atoms with E-state index in [4.69, 9.17) is 5.73 Å². The molecule has 6 nitrogen and oxygen atoms in total. The zero-order chi connectivity index (χ0) is 20.4. The van der Waals surface area contributed by atoms with Crippen molar-refractivity contribution in [2.75, 3.05) is 31.3 Å².